The van der Waals surface area contributed by atoms with Crippen LogP contribution in [0.25, 0.3) is 5.83 Å². The number of ketones is 1. The minimum absolute atomic E-state index is 0.0873. The fourth-order valence-corrected chi connectivity index (χ4v) is 3.72. The second kappa shape index (κ2) is 10.2. The number of hydrogen-bond acceptors (Lipinski definition) is 3. The summed E-state index contributed by atoms with van der Waals surface area (Å²) < 4.78 is 98.0. The van der Waals surface area contributed by atoms with Crippen molar-refractivity contribution < 1.29 is 35.5 Å². The fraction of sp³-hybridized carbons (Fsp3) is 0.190. The van der Waals surface area contributed by atoms with E-state index in [1.807, 2.05) is 0 Å². The molecule has 0 saturated heterocycles. The Hall–Kier alpha value is -2.63. The molecule has 3 rings (SSSR count). The van der Waals surface area contributed by atoms with E-state index in [-0.39, 0.29) is 27.2 Å². The fourth-order valence-electron chi connectivity index (χ4n) is 3.10. The average Bonchev–Trinajstić information content (AvgIpc) is 3.26. The first-order chi connectivity index (χ1) is 16.2. The van der Waals surface area contributed by atoms with Crippen molar-refractivity contribution in [2.24, 2.45) is 0 Å². The van der Waals surface area contributed by atoms with Crippen LogP contribution in [-0.4, -0.2) is 26.7 Å². The number of hydrogen-bond donors (Lipinski definition) is 0. The number of rotatable bonds is 6. The summed E-state index contributed by atoms with van der Waals surface area (Å²) in [5.74, 6) is -5.22. The quantitative estimate of drug-likeness (QED) is 0.176. The van der Waals surface area contributed by atoms with Crippen molar-refractivity contribution in [2.45, 2.75) is 24.8 Å². The van der Waals surface area contributed by atoms with Crippen molar-refractivity contribution in [2.75, 3.05) is 0 Å². The maximum Gasteiger partial charge on any atom is 0.417 e. The monoisotopic (exact) mass is 559 g/mol. The number of allylic oxidation sites excluding steroid dienone is 1. The van der Waals surface area contributed by atoms with Crippen LogP contribution >= 0.6 is 34.8 Å². The Kier molecular flexibility index (Phi) is 7.83. The van der Waals surface area contributed by atoms with Gasteiger partial charge in [0.15, 0.2) is 5.78 Å². The molecule has 4 nitrogen and oxygen atoms in total. The van der Waals surface area contributed by atoms with Crippen LogP contribution in [0.4, 0.5) is 30.7 Å². The molecule has 0 N–H and O–H groups in total. The summed E-state index contributed by atoms with van der Waals surface area (Å²) in [5.41, 5.74) is -3.72. The van der Waals surface area contributed by atoms with Gasteiger partial charge in [0.2, 0.25) is 0 Å². The van der Waals surface area contributed by atoms with Gasteiger partial charge in [0.1, 0.15) is 24.4 Å². The summed E-state index contributed by atoms with van der Waals surface area (Å²) in [6.45, 7) is -0.540. The summed E-state index contributed by atoms with van der Waals surface area (Å²) in [6, 6.07) is 3.38. The van der Waals surface area contributed by atoms with Crippen molar-refractivity contribution in [3.8, 4) is 0 Å². The predicted octanol–water partition coefficient (Wildman–Crippen LogP) is 7.80. The van der Waals surface area contributed by atoms with Gasteiger partial charge < -0.3 is 4.57 Å². The minimum atomic E-state index is -5.10. The van der Waals surface area contributed by atoms with Gasteiger partial charge in [0, 0.05) is 11.1 Å². The molecule has 0 aliphatic carbocycles. The van der Waals surface area contributed by atoms with Gasteiger partial charge in [0.05, 0.1) is 27.2 Å². The highest BCUT2D eigenvalue weighted by molar-refractivity contribution is 6.48. The summed E-state index contributed by atoms with van der Waals surface area (Å²) in [5, 5.41) is 5.99. The molecular formula is C21H11Cl3F7N3O. The van der Waals surface area contributed by atoms with Gasteiger partial charge in [-0.2, -0.15) is 26.3 Å². The number of nitrogens with zero attached hydrogens (tertiary/aromatic N) is 3. The van der Waals surface area contributed by atoms with E-state index in [4.69, 9.17) is 34.8 Å². The first kappa shape index (κ1) is 27.0. The van der Waals surface area contributed by atoms with Gasteiger partial charge in [-0.25, -0.2) is 4.39 Å². The molecule has 1 aromatic heterocycles. The standard InChI is InChI=1S/C21H11Cl3F7N3O/c22-15-4-11(5-16(23)19(15)24)13(20(26,27)28)6-17(25)10-1-2-12(14(3-10)21(29,30)31)18(35)7-34-8-32-33-9-34/h1-6,8-9,13H,7H2/b17-6-. The van der Waals surface area contributed by atoms with E-state index in [0.29, 0.717) is 6.07 Å². The number of halogens is 10. The third kappa shape index (κ3) is 6.33. The zero-order chi connectivity index (χ0) is 26.1. The smallest absolute Gasteiger partial charge is 0.312 e. The molecule has 35 heavy (non-hydrogen) atoms. The molecular weight excluding hydrogens is 550 g/mol. The van der Waals surface area contributed by atoms with Crippen LogP contribution in [0.15, 0.2) is 49.1 Å². The van der Waals surface area contributed by atoms with Gasteiger partial charge >= 0.3 is 12.4 Å². The van der Waals surface area contributed by atoms with Gasteiger partial charge in [-0.3, -0.25) is 4.79 Å². The lowest BCUT2D eigenvalue weighted by Crippen LogP contribution is -2.19. The van der Waals surface area contributed by atoms with Crippen LogP contribution in [0, 0.1) is 0 Å². The molecule has 186 valence electrons. The van der Waals surface area contributed by atoms with Crippen molar-refractivity contribution >= 4 is 46.4 Å². The van der Waals surface area contributed by atoms with E-state index in [1.54, 1.807) is 0 Å². The first-order valence-electron chi connectivity index (χ1n) is 9.34. The van der Waals surface area contributed by atoms with E-state index in [1.165, 1.54) is 0 Å². The SMILES string of the molecule is O=C(Cn1cnnc1)c1ccc(/C(F)=C/C(c2cc(Cl)c(Cl)c(Cl)c2)C(F)(F)F)cc1C(F)(F)F. The topological polar surface area (TPSA) is 47.8 Å². The molecule has 3 aromatic rings. The van der Waals surface area contributed by atoms with Crippen molar-refractivity contribution in [3.05, 3.63) is 86.4 Å². The minimum Gasteiger partial charge on any atom is -0.312 e. The zero-order valence-electron chi connectivity index (χ0n) is 16.9. The average molecular weight is 561 g/mol. The molecule has 0 saturated carbocycles. The second-order valence-electron chi connectivity index (χ2n) is 7.15. The molecule has 0 bridgehead atoms. The number of alkyl halides is 6. The molecule has 0 spiro atoms. The zero-order valence-corrected chi connectivity index (χ0v) is 19.2. The Balaban J connectivity index is 2.05. The van der Waals surface area contributed by atoms with Crippen LogP contribution in [0.5, 0.6) is 0 Å². The summed E-state index contributed by atoms with van der Waals surface area (Å²) in [6.07, 6.45) is -7.86. The summed E-state index contributed by atoms with van der Waals surface area (Å²) in [4.78, 5) is 12.4. The lowest BCUT2D eigenvalue weighted by atomic mass is 9.95. The largest absolute Gasteiger partial charge is 0.417 e. The maximum atomic E-state index is 14.9. The van der Waals surface area contributed by atoms with Gasteiger partial charge in [-0.05, 0) is 29.8 Å². The lowest BCUT2D eigenvalue weighted by molar-refractivity contribution is -0.140. The molecule has 0 amide bonds. The lowest BCUT2D eigenvalue weighted by Gasteiger charge is -2.19. The van der Waals surface area contributed by atoms with Crippen LogP contribution in [0.1, 0.15) is 33.0 Å². The molecule has 0 aliphatic heterocycles. The summed E-state index contributed by atoms with van der Waals surface area (Å²) in [7, 11) is 0. The van der Waals surface area contributed by atoms with Crippen molar-refractivity contribution in [1.29, 1.82) is 0 Å². The molecule has 0 fully saturated rings. The highest BCUT2D eigenvalue weighted by Crippen LogP contribution is 2.42. The van der Waals surface area contributed by atoms with E-state index < -0.39 is 58.7 Å². The van der Waals surface area contributed by atoms with Gasteiger partial charge in [-0.15, -0.1) is 10.2 Å². The van der Waals surface area contributed by atoms with Crippen LogP contribution in [0.2, 0.25) is 15.1 Å². The van der Waals surface area contributed by atoms with Crippen LogP contribution < -0.4 is 0 Å². The molecule has 0 aliphatic rings. The second-order valence-corrected chi connectivity index (χ2v) is 8.34. The summed E-state index contributed by atoms with van der Waals surface area (Å²) >= 11 is 17.3. The Morgan fingerprint density at radius 3 is 2.06 bits per heavy atom. The molecule has 14 heteroatoms. The van der Waals surface area contributed by atoms with Crippen molar-refractivity contribution in [3.63, 3.8) is 0 Å². The first-order valence-corrected chi connectivity index (χ1v) is 10.5. The van der Waals surface area contributed by atoms with Gasteiger partial charge in [0.25, 0.3) is 0 Å². The van der Waals surface area contributed by atoms with E-state index in [0.717, 1.165) is 35.4 Å². The molecule has 2 aromatic carbocycles. The number of carbonyl (C=O) groups is 1. The Labute approximate surface area is 207 Å². The number of benzene rings is 2. The Bertz CT molecular complexity index is 1250. The van der Waals surface area contributed by atoms with Gasteiger partial charge in [-0.1, -0.05) is 46.9 Å². The third-order valence-corrected chi connectivity index (χ3v) is 5.92. The maximum absolute atomic E-state index is 14.9. The number of carbonyl (C=O) groups excluding carboxylic acids is 1. The predicted molar refractivity (Wildman–Crippen MR) is 115 cm³/mol. The molecule has 1 heterocycles. The normalized spacial score (nSPS) is 13.7. The van der Waals surface area contributed by atoms with E-state index >= 15 is 0 Å². The number of aromatic nitrogens is 3. The Morgan fingerprint density at radius 1 is 0.971 bits per heavy atom. The molecule has 0 radical (unpaired) electrons. The highest BCUT2D eigenvalue weighted by Gasteiger charge is 2.41. The van der Waals surface area contributed by atoms with E-state index in [2.05, 4.69) is 10.2 Å². The highest BCUT2D eigenvalue weighted by atomic mass is 35.5. The van der Waals surface area contributed by atoms with Crippen LogP contribution in [0.3, 0.4) is 0 Å². The van der Waals surface area contributed by atoms with E-state index in [9.17, 15) is 35.5 Å². The molecule has 1 atom stereocenters. The molecule has 1 unspecified atom stereocenters. The third-order valence-electron chi connectivity index (χ3n) is 4.72. The Morgan fingerprint density at radius 2 is 1.54 bits per heavy atom. The van der Waals surface area contributed by atoms with Crippen LogP contribution in [-0.2, 0) is 12.7 Å². The number of Topliss-reactive ketones (excluding diaryl/α,β-unsaturated/α-hetero) is 1. The van der Waals surface area contributed by atoms with Crippen molar-refractivity contribution in [1.82, 2.24) is 14.8 Å².